The van der Waals surface area contributed by atoms with E-state index in [4.69, 9.17) is 10.5 Å². The third kappa shape index (κ3) is 4.16. The van der Waals surface area contributed by atoms with Crippen LogP contribution in [0.4, 0.5) is 0 Å². The molecule has 150 valence electrons. The predicted octanol–water partition coefficient (Wildman–Crippen LogP) is -0.406. The molecule has 0 bridgehead atoms. The number of primary amides is 1. The molecule has 27 heavy (non-hydrogen) atoms. The summed E-state index contributed by atoms with van der Waals surface area (Å²) in [4.78, 5) is 11.1. The lowest BCUT2D eigenvalue weighted by molar-refractivity contribution is -0.122. The number of nitrogens with two attached hydrogens (primary N) is 1. The lowest BCUT2D eigenvalue weighted by atomic mass is 9.98. The molecule has 0 aliphatic carbocycles. The van der Waals surface area contributed by atoms with Crippen LogP contribution in [0.1, 0.15) is 12.8 Å². The molecule has 0 spiro atoms. The molecule has 1 amide bonds. The Morgan fingerprint density at radius 2 is 1.41 bits per heavy atom. The van der Waals surface area contributed by atoms with Gasteiger partial charge >= 0.3 is 0 Å². The Kier molecular flexibility index (Phi) is 5.87. The average molecular weight is 418 g/mol. The van der Waals surface area contributed by atoms with Gasteiger partial charge in [0, 0.05) is 32.1 Å². The largest absolute Gasteiger partial charge is 0.379 e. The van der Waals surface area contributed by atoms with E-state index in [1.165, 1.54) is 32.9 Å². The molecule has 3 rings (SSSR count). The molecule has 2 fully saturated rings. The van der Waals surface area contributed by atoms with Crippen LogP contribution in [0.2, 0.25) is 0 Å². The number of ether oxygens (including phenoxy) is 1. The van der Waals surface area contributed by atoms with Crippen LogP contribution in [0.15, 0.2) is 34.1 Å². The first-order valence-corrected chi connectivity index (χ1v) is 11.6. The zero-order valence-corrected chi connectivity index (χ0v) is 16.4. The summed E-state index contributed by atoms with van der Waals surface area (Å²) >= 11 is 0. The highest BCUT2D eigenvalue weighted by Crippen LogP contribution is 2.26. The van der Waals surface area contributed by atoms with Crippen LogP contribution >= 0.6 is 0 Å². The van der Waals surface area contributed by atoms with Crippen molar-refractivity contribution in [3.63, 3.8) is 0 Å². The van der Waals surface area contributed by atoms with E-state index in [0.717, 1.165) is 0 Å². The van der Waals surface area contributed by atoms with Gasteiger partial charge in [-0.15, -0.1) is 0 Å². The van der Waals surface area contributed by atoms with E-state index < -0.39 is 26.0 Å². The highest BCUT2D eigenvalue weighted by Gasteiger charge is 2.33. The minimum absolute atomic E-state index is 0.0579. The number of benzene rings is 1. The van der Waals surface area contributed by atoms with E-state index >= 15 is 0 Å². The van der Waals surface area contributed by atoms with Crippen molar-refractivity contribution in [1.29, 1.82) is 0 Å². The number of piperidine rings is 1. The van der Waals surface area contributed by atoms with Gasteiger partial charge in [0.1, 0.15) is 0 Å². The molecule has 2 aliphatic rings. The first kappa shape index (κ1) is 20.2. The predicted molar refractivity (Wildman–Crippen MR) is 96.7 cm³/mol. The van der Waals surface area contributed by atoms with E-state index in [1.807, 2.05) is 0 Å². The van der Waals surface area contributed by atoms with Gasteiger partial charge in [-0.25, -0.2) is 16.8 Å². The summed E-state index contributed by atoms with van der Waals surface area (Å²) < 4.78 is 59.1. The lowest BCUT2D eigenvalue weighted by Crippen LogP contribution is -2.42. The highest BCUT2D eigenvalue weighted by molar-refractivity contribution is 7.90. The van der Waals surface area contributed by atoms with E-state index in [1.54, 1.807) is 0 Å². The monoisotopic (exact) mass is 417 g/mol. The fourth-order valence-electron chi connectivity index (χ4n) is 3.26. The molecule has 1 aromatic carbocycles. The molecule has 2 heterocycles. The second-order valence-electron chi connectivity index (χ2n) is 6.57. The van der Waals surface area contributed by atoms with Crippen molar-refractivity contribution in [2.75, 3.05) is 39.4 Å². The third-order valence-electron chi connectivity index (χ3n) is 4.91. The summed E-state index contributed by atoms with van der Waals surface area (Å²) in [6, 6.07) is 5.40. The minimum atomic E-state index is -3.85. The van der Waals surface area contributed by atoms with Crippen LogP contribution in [0.25, 0.3) is 0 Å². The van der Waals surface area contributed by atoms with Gasteiger partial charge in [0.25, 0.3) is 0 Å². The molecule has 11 heteroatoms. The van der Waals surface area contributed by atoms with Crippen molar-refractivity contribution in [3.05, 3.63) is 24.3 Å². The van der Waals surface area contributed by atoms with Crippen LogP contribution in [0.3, 0.4) is 0 Å². The number of nitrogens with zero attached hydrogens (tertiary/aromatic N) is 2. The van der Waals surface area contributed by atoms with E-state index in [2.05, 4.69) is 0 Å². The van der Waals surface area contributed by atoms with Crippen LogP contribution in [-0.4, -0.2) is 70.7 Å². The summed E-state index contributed by atoms with van der Waals surface area (Å²) in [5, 5.41) is 0. The molecule has 1 aromatic rings. The Morgan fingerprint density at radius 3 is 1.89 bits per heavy atom. The molecule has 2 N–H and O–H groups in total. The number of hydrogen-bond acceptors (Lipinski definition) is 6. The van der Waals surface area contributed by atoms with E-state index in [0.29, 0.717) is 26.1 Å². The van der Waals surface area contributed by atoms with Gasteiger partial charge < -0.3 is 10.5 Å². The maximum absolute atomic E-state index is 12.9. The Bertz CT molecular complexity index is 902. The number of carbonyl (C=O) groups excluding carboxylic acids is 1. The van der Waals surface area contributed by atoms with Crippen molar-refractivity contribution in [3.8, 4) is 0 Å². The zero-order chi connectivity index (χ0) is 19.7. The van der Waals surface area contributed by atoms with E-state index in [9.17, 15) is 21.6 Å². The average Bonchev–Trinajstić information content (AvgIpc) is 2.69. The summed E-state index contributed by atoms with van der Waals surface area (Å²) in [5.41, 5.74) is 5.28. The van der Waals surface area contributed by atoms with Gasteiger partial charge in [-0.05, 0) is 31.0 Å². The topological polar surface area (TPSA) is 127 Å². The number of amides is 1. The summed E-state index contributed by atoms with van der Waals surface area (Å²) in [6.45, 7) is 1.45. The third-order valence-corrected chi connectivity index (χ3v) is 8.70. The zero-order valence-electron chi connectivity index (χ0n) is 14.8. The van der Waals surface area contributed by atoms with Crippen LogP contribution in [0, 0.1) is 5.92 Å². The fourth-order valence-corrected chi connectivity index (χ4v) is 6.31. The Hall–Kier alpha value is -1.53. The number of carbonyl (C=O) groups is 1. The van der Waals surface area contributed by atoms with Gasteiger partial charge in [0.15, 0.2) is 0 Å². The maximum atomic E-state index is 12.9. The molecule has 0 unspecified atom stereocenters. The second kappa shape index (κ2) is 7.84. The Balaban J connectivity index is 1.83. The summed E-state index contributed by atoms with van der Waals surface area (Å²) in [5.74, 6) is -0.755. The molecule has 0 atom stereocenters. The minimum Gasteiger partial charge on any atom is -0.379 e. The smallest absolute Gasteiger partial charge is 0.243 e. The molecular weight excluding hydrogens is 394 g/mol. The van der Waals surface area contributed by atoms with Crippen molar-refractivity contribution in [2.45, 2.75) is 22.6 Å². The van der Waals surface area contributed by atoms with Gasteiger partial charge in [-0.1, -0.05) is 6.07 Å². The van der Waals surface area contributed by atoms with E-state index in [-0.39, 0.29) is 41.9 Å². The van der Waals surface area contributed by atoms with Gasteiger partial charge in [-0.2, -0.15) is 8.61 Å². The molecule has 9 nitrogen and oxygen atoms in total. The first-order valence-electron chi connectivity index (χ1n) is 8.70. The quantitative estimate of drug-likeness (QED) is 0.694. The van der Waals surface area contributed by atoms with Gasteiger partial charge in [-0.3, -0.25) is 4.79 Å². The standard InChI is InChI=1S/C16H23N3O6S2/c17-16(20)13-4-6-18(7-5-13)26(21,22)14-2-1-3-15(12-14)27(23,24)19-8-10-25-11-9-19/h1-3,12-13H,4-11H2,(H2,17,20). The van der Waals surface area contributed by atoms with Crippen molar-refractivity contribution in [1.82, 2.24) is 8.61 Å². The lowest BCUT2D eigenvalue weighted by Gasteiger charge is -2.30. The van der Waals surface area contributed by atoms with Crippen molar-refractivity contribution in [2.24, 2.45) is 11.7 Å². The first-order chi connectivity index (χ1) is 12.7. The molecular formula is C16H23N3O6S2. The molecule has 2 aliphatic heterocycles. The highest BCUT2D eigenvalue weighted by atomic mass is 32.2. The second-order valence-corrected chi connectivity index (χ2v) is 10.4. The SMILES string of the molecule is NC(=O)C1CCN(S(=O)(=O)c2cccc(S(=O)(=O)N3CCOCC3)c2)CC1. The molecule has 0 radical (unpaired) electrons. The van der Waals surface area contributed by atoms with Crippen LogP contribution < -0.4 is 5.73 Å². The molecule has 0 saturated carbocycles. The summed E-state index contributed by atoms with van der Waals surface area (Å²) in [6.07, 6.45) is 0.723. The maximum Gasteiger partial charge on any atom is 0.243 e. The number of sulfonamides is 2. The number of hydrogen-bond donors (Lipinski definition) is 1. The summed E-state index contributed by atoms with van der Waals surface area (Å²) in [7, 11) is -7.64. The van der Waals surface area contributed by atoms with Crippen molar-refractivity contribution >= 4 is 26.0 Å². The number of rotatable bonds is 5. The normalized spacial score (nSPS) is 21.2. The molecule has 2 saturated heterocycles. The molecule has 0 aromatic heterocycles. The van der Waals surface area contributed by atoms with Crippen LogP contribution in [0.5, 0.6) is 0 Å². The number of morpholine rings is 1. The van der Waals surface area contributed by atoms with Crippen molar-refractivity contribution < 1.29 is 26.4 Å². The Labute approximate surface area is 159 Å². The van der Waals surface area contributed by atoms with Crippen LogP contribution in [-0.2, 0) is 29.6 Å². The Morgan fingerprint density at radius 1 is 0.926 bits per heavy atom. The van der Waals surface area contributed by atoms with Gasteiger partial charge in [0.05, 0.1) is 23.0 Å². The fraction of sp³-hybridized carbons (Fsp3) is 0.562. The van der Waals surface area contributed by atoms with Gasteiger partial charge in [0.2, 0.25) is 26.0 Å².